The summed E-state index contributed by atoms with van der Waals surface area (Å²) in [5.74, 6) is 0. The molecule has 24 valence electrons. The Bertz CT molecular complexity index is 8.00. The Morgan fingerprint density at radius 3 is 1.75 bits per heavy atom. The minimum atomic E-state index is 0. The van der Waals surface area contributed by atoms with Crippen LogP contribution in [0.4, 0.5) is 4.53 Å². The smallest absolute Gasteiger partial charge is 0.0769 e. The largest absolute Gasteiger partial charge is 0.316 e. The highest BCUT2D eigenvalue weighted by atomic mass is 35.5. The van der Waals surface area contributed by atoms with Crippen molar-refractivity contribution in [1.29, 1.82) is 0 Å². The van der Waals surface area contributed by atoms with Crippen molar-refractivity contribution in [2.45, 2.75) is 0 Å². The van der Waals surface area contributed by atoms with Gasteiger partial charge in [0.1, 0.15) is 11.9 Å². The molecule has 0 heterocycles. The van der Waals surface area contributed by atoms with Crippen molar-refractivity contribution in [3.8, 4) is 0 Å². The van der Waals surface area contributed by atoms with Gasteiger partial charge < -0.3 is 0 Å². The lowest BCUT2D eigenvalue weighted by Crippen LogP contribution is -1.21. The van der Waals surface area contributed by atoms with Crippen molar-refractivity contribution < 1.29 is 9.02 Å². The van der Waals surface area contributed by atoms with Crippen LogP contribution in [0.15, 0.2) is 0 Å². The van der Waals surface area contributed by atoms with Crippen molar-refractivity contribution in [2.75, 3.05) is 0 Å². The fourth-order valence-corrected chi connectivity index (χ4v) is 0. The molecule has 0 amide bonds. The highest BCUT2D eigenvalue weighted by Gasteiger charge is 1.40. The first-order chi connectivity index (χ1) is 1.41. The van der Waals surface area contributed by atoms with Crippen molar-refractivity contribution in [3.05, 3.63) is 0 Å². The zero-order valence-corrected chi connectivity index (χ0v) is 1.92. The molecule has 0 spiro atoms. The Hall–Kier alpha value is 0.946. The molecule has 0 aromatic heterocycles. The Balaban J connectivity index is 0. The summed E-state index contributed by atoms with van der Waals surface area (Å²) in [6, 6.07) is 0. The lowest BCUT2D eigenvalue weighted by atomic mass is 15.6. The summed E-state index contributed by atoms with van der Waals surface area (Å²) in [4.78, 5) is 0. The fraction of sp³-hybridized carbons (Fsp3) is 0. The monoisotopic (exact) mass is 96.0 g/mol. The Morgan fingerprint density at radius 1 is 1.75 bits per heavy atom. The van der Waals surface area contributed by atoms with Gasteiger partial charge >= 0.3 is 23.1 Å². The van der Waals surface area contributed by atoms with Crippen LogP contribution in [0.3, 0.4) is 0 Å². The Labute approximate surface area is 44.3 Å². The zero-order valence-electron chi connectivity index (χ0n) is 1.16. The van der Waals surface area contributed by atoms with Gasteiger partial charge in [-0.15, -0.1) is 0 Å². The van der Waals surface area contributed by atoms with E-state index < -0.39 is 0 Å². The molecule has 0 bridgehead atoms. The average Bonchev–Trinajstić information content (AvgIpc) is 0.918. The normalized spacial score (nSPS) is 4.50. The fourth-order valence-electron chi connectivity index (χ4n) is 0. The second-order valence-electron chi connectivity index (χ2n) is 0.0583. The van der Waals surface area contributed by atoms with Gasteiger partial charge in [-0.05, 0) is 4.53 Å². The predicted octanol–water partition coefficient (Wildman–Crippen LogP) is 0.125. The molecular weight excluding hydrogens is 94.8 g/mol. The summed E-state index contributed by atoms with van der Waals surface area (Å²) in [6.45, 7) is 0. The van der Waals surface area contributed by atoms with Gasteiger partial charge in [-0.3, -0.25) is 0 Å². The van der Waals surface area contributed by atoms with E-state index in [1.165, 1.54) is 0 Å². The van der Waals surface area contributed by atoms with Gasteiger partial charge in [-0.25, -0.2) is 0 Å². The molecule has 0 unspecified atom stereocenters. The molecule has 0 N–H and O–H groups in total. The predicted molar refractivity (Wildman–Crippen MR) is 16.6 cm³/mol. The van der Waals surface area contributed by atoms with Crippen LogP contribution in [0, 0.1) is 0 Å². The number of hydrogen-bond acceptors (Lipinski definition) is 1. The first-order valence-corrected chi connectivity index (χ1v) is 0.617. The molecule has 4 heteroatoms. The van der Waals surface area contributed by atoms with Crippen molar-refractivity contribution in [1.82, 2.24) is 0 Å². The lowest BCUT2D eigenvalue weighted by Gasteiger charge is -1.44. The minimum absolute atomic E-state index is 0. The van der Waals surface area contributed by atoms with Crippen molar-refractivity contribution in [2.24, 2.45) is 0 Å². The van der Waals surface area contributed by atoms with E-state index in [-0.39, 0.29) is 23.1 Å². The third-order valence-corrected chi connectivity index (χ3v) is 0. The van der Waals surface area contributed by atoms with E-state index in [9.17, 15) is 4.53 Å². The molecule has 0 rings (SSSR count). The first-order valence-electron chi connectivity index (χ1n) is 0.309. The Morgan fingerprint density at radius 2 is 1.75 bits per heavy atom. The molecule has 0 aliphatic rings. The van der Waals surface area contributed by atoms with Gasteiger partial charge in [-0.1, -0.05) is 4.49 Å². The zero-order chi connectivity index (χ0) is 2.71. The van der Waals surface area contributed by atoms with E-state index in [4.69, 9.17) is 0 Å². The van der Waals surface area contributed by atoms with Crippen molar-refractivity contribution >= 4 is 34.9 Å². The summed E-state index contributed by atoms with van der Waals surface area (Å²) in [6.07, 6.45) is 0. The minimum Gasteiger partial charge on any atom is -0.0769 e. The molecule has 0 atom stereocenters. The molecule has 1 nitrogen and oxygen atoms in total. The summed E-state index contributed by atoms with van der Waals surface area (Å²) < 4.78 is 11.8. The van der Waals surface area contributed by atoms with Gasteiger partial charge in [0.2, 0.25) is 0 Å². The van der Waals surface area contributed by atoms with Gasteiger partial charge in [0, 0.05) is 0 Å². The molecule has 0 aromatic carbocycles. The van der Waals surface area contributed by atoms with Crippen LogP contribution in [0.1, 0.15) is 0 Å². The molecule has 4 heavy (non-hydrogen) atoms. The Kier molecular flexibility index (Phi) is 20.1. The molecule has 0 aliphatic carbocycles. The number of halogens is 2. The maximum atomic E-state index is 9.56. The molecule has 0 saturated heterocycles. The van der Waals surface area contributed by atoms with Crippen LogP contribution in [0.2, 0.25) is 0 Å². The topological polar surface area (TPSA) is 9.23 Å². The van der Waals surface area contributed by atoms with E-state index >= 15 is 0 Å². The van der Waals surface area contributed by atoms with E-state index in [1.54, 1.807) is 0 Å². The molecule has 0 fully saturated rings. The molecular formula is H2ClFMgO. The van der Waals surface area contributed by atoms with Crippen molar-refractivity contribution in [3.63, 3.8) is 0 Å². The first kappa shape index (κ1) is 8.87. The highest BCUT2D eigenvalue weighted by Crippen LogP contribution is 1.70. The lowest BCUT2D eigenvalue weighted by molar-refractivity contribution is 0.00645. The maximum absolute atomic E-state index is 9.56. The van der Waals surface area contributed by atoms with E-state index in [0.29, 0.717) is 0 Å². The van der Waals surface area contributed by atoms with Gasteiger partial charge in [-0.2, -0.15) is 0 Å². The van der Waals surface area contributed by atoms with Gasteiger partial charge in [0.25, 0.3) is 0 Å². The second kappa shape index (κ2) is 9.04. The SMILES string of the molecule is FOCl.[MgH2]. The standard InChI is InChI=1S/ClFO.Mg.2H/c1-3-2;;;. The van der Waals surface area contributed by atoms with Crippen LogP contribution in [-0.4, -0.2) is 23.1 Å². The molecule has 0 radical (unpaired) electrons. The second-order valence-corrected chi connectivity index (χ2v) is 0.175. The molecule has 0 saturated carbocycles. The average molecular weight is 96.8 g/mol. The third-order valence-electron chi connectivity index (χ3n) is 0. The van der Waals surface area contributed by atoms with E-state index in [2.05, 4.69) is 16.4 Å². The van der Waals surface area contributed by atoms with E-state index in [1.807, 2.05) is 0 Å². The highest BCUT2D eigenvalue weighted by molar-refractivity contribution is 6.06. The van der Waals surface area contributed by atoms with Gasteiger partial charge in [0.05, 0.1) is 0 Å². The summed E-state index contributed by atoms with van der Waals surface area (Å²) in [5, 5.41) is 0. The maximum Gasteiger partial charge on any atom is 0.316 e. The number of hydrogen-bond donors (Lipinski definition) is 0. The number of rotatable bonds is 0. The van der Waals surface area contributed by atoms with Crippen LogP contribution in [-0.2, 0) is 4.49 Å². The third kappa shape index (κ3) is 12.5. The van der Waals surface area contributed by atoms with Gasteiger partial charge in [0.15, 0.2) is 0 Å². The summed E-state index contributed by atoms with van der Waals surface area (Å²) in [5.41, 5.74) is 0. The summed E-state index contributed by atoms with van der Waals surface area (Å²) in [7, 11) is 0. The summed E-state index contributed by atoms with van der Waals surface area (Å²) >= 11 is 3.83. The molecule has 0 aromatic rings. The quantitative estimate of drug-likeness (QED) is 0.390. The van der Waals surface area contributed by atoms with E-state index in [0.717, 1.165) is 0 Å². The van der Waals surface area contributed by atoms with Crippen LogP contribution in [0.25, 0.3) is 0 Å². The van der Waals surface area contributed by atoms with Crippen LogP contribution in [0.5, 0.6) is 0 Å². The van der Waals surface area contributed by atoms with Crippen LogP contribution >= 0.6 is 11.9 Å². The molecule has 0 aliphatic heterocycles. The van der Waals surface area contributed by atoms with Crippen LogP contribution < -0.4 is 0 Å².